The Bertz CT molecular complexity index is 1460. The molecule has 0 unspecified atom stereocenters. The number of esters is 1. The van der Waals surface area contributed by atoms with Gasteiger partial charge in [0.2, 0.25) is 0 Å². The number of ether oxygens (including phenoxy) is 2. The molecule has 4 rings (SSSR count). The first-order chi connectivity index (χ1) is 16.7. The zero-order valence-electron chi connectivity index (χ0n) is 20.7. The van der Waals surface area contributed by atoms with Crippen molar-refractivity contribution in [2.75, 3.05) is 26.1 Å². The number of methoxy groups -OCH3 is 1. The van der Waals surface area contributed by atoms with Crippen molar-refractivity contribution in [1.29, 1.82) is 0 Å². The lowest BCUT2D eigenvalue weighted by molar-refractivity contribution is -0.136. The van der Waals surface area contributed by atoms with E-state index in [9.17, 15) is 9.59 Å². The van der Waals surface area contributed by atoms with Gasteiger partial charge in [0.05, 0.1) is 29.0 Å². The minimum atomic E-state index is -0.716. The summed E-state index contributed by atoms with van der Waals surface area (Å²) in [5.74, 6) is 0.0848. The molecule has 0 saturated heterocycles. The topological polar surface area (TPSA) is 73.1 Å². The highest BCUT2D eigenvalue weighted by atomic mass is 32.1. The average molecular weight is 492 g/mol. The van der Waals surface area contributed by atoms with Gasteiger partial charge in [0, 0.05) is 25.3 Å². The maximum atomic E-state index is 13.7. The van der Waals surface area contributed by atoms with Crippen molar-refractivity contribution in [2.45, 2.75) is 32.9 Å². The molecule has 1 atom stereocenters. The van der Waals surface area contributed by atoms with E-state index in [4.69, 9.17) is 9.47 Å². The smallest absolute Gasteiger partial charge is 0.338 e. The number of nitrogens with zero attached hydrogens (tertiary/aromatic N) is 3. The van der Waals surface area contributed by atoms with Crippen molar-refractivity contribution < 1.29 is 14.3 Å². The number of carbonyl (C=O) groups excluding carboxylic acids is 1. The van der Waals surface area contributed by atoms with Gasteiger partial charge in [-0.2, -0.15) is 0 Å². The van der Waals surface area contributed by atoms with Crippen molar-refractivity contribution in [2.24, 2.45) is 4.99 Å². The summed E-state index contributed by atoms with van der Waals surface area (Å²) in [6, 6.07) is 14.7. The largest absolute Gasteiger partial charge is 0.491 e. The van der Waals surface area contributed by atoms with E-state index in [-0.39, 0.29) is 11.7 Å². The number of aromatic nitrogens is 1. The van der Waals surface area contributed by atoms with Gasteiger partial charge in [-0.3, -0.25) is 9.36 Å². The molecule has 0 fully saturated rings. The fraction of sp³-hybridized carbons (Fsp3) is 0.296. The molecule has 0 spiro atoms. The first-order valence-electron chi connectivity index (χ1n) is 11.3. The van der Waals surface area contributed by atoms with Crippen molar-refractivity contribution >= 4 is 29.1 Å². The lowest BCUT2D eigenvalue weighted by Crippen LogP contribution is -2.40. The number of allylic oxidation sites excluding steroid dienone is 1. The van der Waals surface area contributed by atoms with Gasteiger partial charge < -0.3 is 14.4 Å². The van der Waals surface area contributed by atoms with E-state index in [2.05, 4.69) is 4.99 Å². The number of anilines is 1. The zero-order valence-corrected chi connectivity index (χ0v) is 21.6. The molecule has 0 saturated carbocycles. The zero-order chi connectivity index (χ0) is 25.3. The monoisotopic (exact) mass is 491 g/mol. The highest BCUT2D eigenvalue weighted by molar-refractivity contribution is 7.07. The molecular formula is C27H29N3O4S. The predicted molar refractivity (Wildman–Crippen MR) is 139 cm³/mol. The van der Waals surface area contributed by atoms with E-state index in [1.165, 1.54) is 18.4 Å². The number of carbonyl (C=O) groups is 1. The summed E-state index contributed by atoms with van der Waals surface area (Å²) in [6.07, 6.45) is 1.78. The summed E-state index contributed by atoms with van der Waals surface area (Å²) < 4.78 is 13.3. The van der Waals surface area contributed by atoms with Gasteiger partial charge in [-0.1, -0.05) is 41.7 Å². The Morgan fingerprint density at radius 2 is 1.83 bits per heavy atom. The molecule has 0 amide bonds. The average Bonchev–Trinajstić information content (AvgIpc) is 3.12. The Labute approximate surface area is 208 Å². The second-order valence-corrected chi connectivity index (χ2v) is 9.77. The van der Waals surface area contributed by atoms with Crippen LogP contribution in [0, 0.1) is 0 Å². The molecule has 1 aliphatic heterocycles. The first kappa shape index (κ1) is 24.5. The quantitative estimate of drug-likeness (QED) is 0.495. The summed E-state index contributed by atoms with van der Waals surface area (Å²) in [5.41, 5.74) is 3.31. The third-order valence-electron chi connectivity index (χ3n) is 5.71. The predicted octanol–water partition coefficient (Wildman–Crippen LogP) is 3.26. The van der Waals surface area contributed by atoms with Crippen LogP contribution >= 0.6 is 11.3 Å². The van der Waals surface area contributed by atoms with Gasteiger partial charge in [-0.25, -0.2) is 9.79 Å². The summed E-state index contributed by atoms with van der Waals surface area (Å²) in [4.78, 5) is 33.8. The number of fused-ring (bicyclic) bond motifs is 1. The standard InChI is InChI=1S/C27H29N3O4S/c1-16(2)34-21-10-8-7-9-20(21)24-23(26(32)33-6)17(3)28-27-30(24)25(31)22(35-27)15-18-11-13-19(14-12-18)29(4)5/h7-16,24H,1-6H3/b22-15-/t24-/m1/s1. The Hall–Kier alpha value is -3.65. The van der Waals surface area contributed by atoms with Crippen LogP contribution in [-0.4, -0.2) is 37.8 Å². The van der Waals surface area contributed by atoms with Crippen molar-refractivity contribution in [3.05, 3.63) is 90.6 Å². The number of thiazole rings is 1. The molecule has 8 heteroatoms. The van der Waals surface area contributed by atoms with E-state index >= 15 is 0 Å². The van der Waals surface area contributed by atoms with E-state index in [1.54, 1.807) is 11.5 Å². The Morgan fingerprint density at radius 3 is 2.46 bits per heavy atom. The van der Waals surface area contributed by atoms with Gasteiger partial charge in [-0.15, -0.1) is 0 Å². The Kier molecular flexibility index (Phi) is 6.93. The Morgan fingerprint density at radius 1 is 1.14 bits per heavy atom. The van der Waals surface area contributed by atoms with Crippen LogP contribution in [0.15, 0.2) is 69.6 Å². The second kappa shape index (κ2) is 9.92. The Balaban J connectivity index is 1.94. The lowest BCUT2D eigenvalue weighted by Gasteiger charge is -2.26. The number of benzene rings is 2. The van der Waals surface area contributed by atoms with Crippen LogP contribution in [0.5, 0.6) is 5.75 Å². The van der Waals surface area contributed by atoms with E-state index in [0.29, 0.717) is 31.9 Å². The maximum absolute atomic E-state index is 13.7. The molecule has 0 N–H and O–H groups in total. The van der Waals surface area contributed by atoms with Gasteiger partial charge in [0.25, 0.3) is 5.56 Å². The number of rotatable bonds is 6. The normalized spacial score (nSPS) is 15.6. The molecule has 35 heavy (non-hydrogen) atoms. The molecule has 2 heterocycles. The van der Waals surface area contributed by atoms with Crippen molar-refractivity contribution in [3.63, 3.8) is 0 Å². The minimum Gasteiger partial charge on any atom is -0.491 e. The number of hydrogen-bond donors (Lipinski definition) is 0. The third kappa shape index (κ3) is 4.79. The van der Waals surface area contributed by atoms with Gasteiger partial charge in [0.1, 0.15) is 11.8 Å². The lowest BCUT2D eigenvalue weighted by atomic mass is 9.95. The SMILES string of the molecule is COC(=O)C1=C(C)N=c2s/c(=C\c3ccc(N(C)C)cc3)c(=O)n2[C@@H]1c1ccccc1OC(C)C. The second-order valence-electron chi connectivity index (χ2n) is 8.76. The molecule has 7 nitrogen and oxygen atoms in total. The molecule has 1 aromatic heterocycles. The fourth-order valence-electron chi connectivity index (χ4n) is 4.07. The van der Waals surface area contributed by atoms with Crippen molar-refractivity contribution in [1.82, 2.24) is 4.57 Å². The van der Waals surface area contributed by atoms with E-state index < -0.39 is 12.0 Å². The van der Waals surface area contributed by atoms with Crippen LogP contribution in [-0.2, 0) is 9.53 Å². The third-order valence-corrected chi connectivity index (χ3v) is 6.69. The van der Waals surface area contributed by atoms with Gasteiger partial charge in [-0.05, 0) is 50.6 Å². The highest BCUT2D eigenvalue weighted by Gasteiger charge is 2.34. The van der Waals surface area contributed by atoms with Gasteiger partial charge in [0.15, 0.2) is 4.80 Å². The minimum absolute atomic E-state index is 0.0798. The first-order valence-corrected chi connectivity index (χ1v) is 12.2. The summed E-state index contributed by atoms with van der Waals surface area (Å²) >= 11 is 1.30. The molecule has 182 valence electrons. The molecular weight excluding hydrogens is 462 g/mol. The van der Waals surface area contributed by atoms with Crippen LogP contribution in [0.1, 0.15) is 37.9 Å². The van der Waals surface area contributed by atoms with Gasteiger partial charge >= 0.3 is 5.97 Å². The summed E-state index contributed by atoms with van der Waals surface area (Å²) in [6.45, 7) is 5.64. The van der Waals surface area contributed by atoms with Crippen LogP contribution in [0.4, 0.5) is 5.69 Å². The highest BCUT2D eigenvalue weighted by Crippen LogP contribution is 2.36. The van der Waals surface area contributed by atoms with E-state index in [1.807, 2.05) is 87.4 Å². The number of hydrogen-bond acceptors (Lipinski definition) is 7. The molecule has 0 aliphatic carbocycles. The molecule has 0 radical (unpaired) electrons. The molecule has 3 aromatic rings. The summed E-state index contributed by atoms with van der Waals surface area (Å²) in [5, 5.41) is 0. The fourth-order valence-corrected chi connectivity index (χ4v) is 5.12. The summed E-state index contributed by atoms with van der Waals surface area (Å²) in [7, 11) is 5.29. The molecule has 2 aromatic carbocycles. The van der Waals surface area contributed by atoms with Crippen molar-refractivity contribution in [3.8, 4) is 5.75 Å². The van der Waals surface area contributed by atoms with Crippen LogP contribution in [0.2, 0.25) is 0 Å². The number of para-hydroxylation sites is 1. The van der Waals surface area contributed by atoms with E-state index in [0.717, 1.165) is 11.3 Å². The molecule has 0 bridgehead atoms. The van der Waals surface area contributed by atoms with Crippen LogP contribution < -0.4 is 24.5 Å². The van der Waals surface area contributed by atoms with Crippen LogP contribution in [0.3, 0.4) is 0 Å². The van der Waals surface area contributed by atoms with Crippen LogP contribution in [0.25, 0.3) is 6.08 Å². The maximum Gasteiger partial charge on any atom is 0.338 e. The molecule has 1 aliphatic rings.